The van der Waals surface area contributed by atoms with Crippen molar-refractivity contribution in [2.24, 2.45) is 0 Å². The smallest absolute Gasteiger partial charge is 0.226 e. The number of nitrogens with zero attached hydrogens (tertiary/aromatic N) is 4. The number of phenols is 1. The zero-order valence-corrected chi connectivity index (χ0v) is 19.1. The van der Waals surface area contributed by atoms with Crippen LogP contribution in [0.5, 0.6) is 5.75 Å². The van der Waals surface area contributed by atoms with Gasteiger partial charge in [0.25, 0.3) is 0 Å². The molecule has 0 saturated heterocycles. The molecule has 0 bridgehead atoms. The first-order chi connectivity index (χ1) is 14.5. The number of aromatic nitrogens is 4. The molecular weight excluding hydrogens is 495 g/mol. The molecular formula is C21H27IN6O2. The summed E-state index contributed by atoms with van der Waals surface area (Å²) in [6.45, 7) is 2.50. The van der Waals surface area contributed by atoms with E-state index in [1.807, 2.05) is 18.5 Å². The summed E-state index contributed by atoms with van der Waals surface area (Å²) in [5, 5.41) is 26.2. The van der Waals surface area contributed by atoms with Crippen molar-refractivity contribution in [2.45, 2.75) is 57.7 Å². The molecule has 0 amide bonds. The molecule has 9 heteroatoms. The largest absolute Gasteiger partial charge is 0.508 e. The summed E-state index contributed by atoms with van der Waals surface area (Å²) in [5.41, 5.74) is 2.30. The molecule has 1 unspecified atom stereocenters. The SMILES string of the molecule is CC(O)CNc1nc(NCc2cc(I)ccc2O)c2ncn(C3CCCCC3)c2n1. The van der Waals surface area contributed by atoms with E-state index in [9.17, 15) is 10.2 Å². The van der Waals surface area contributed by atoms with Crippen molar-refractivity contribution in [3.8, 4) is 5.75 Å². The number of rotatable bonds is 7. The molecule has 8 nitrogen and oxygen atoms in total. The number of aliphatic hydroxyl groups is 1. The van der Waals surface area contributed by atoms with Gasteiger partial charge in [0.05, 0.1) is 12.4 Å². The van der Waals surface area contributed by atoms with Crippen molar-refractivity contribution in [3.05, 3.63) is 33.7 Å². The van der Waals surface area contributed by atoms with Crippen LogP contribution in [0.2, 0.25) is 0 Å². The lowest BCUT2D eigenvalue weighted by Gasteiger charge is -2.23. The molecule has 160 valence electrons. The second-order valence-corrected chi connectivity index (χ2v) is 9.11. The fraction of sp³-hybridized carbons (Fsp3) is 0.476. The fourth-order valence-electron chi connectivity index (χ4n) is 3.86. The van der Waals surface area contributed by atoms with Gasteiger partial charge in [0, 0.05) is 28.3 Å². The van der Waals surface area contributed by atoms with E-state index in [0.29, 0.717) is 36.4 Å². The first-order valence-corrected chi connectivity index (χ1v) is 11.5. The third kappa shape index (κ3) is 4.77. The molecule has 30 heavy (non-hydrogen) atoms. The van der Waals surface area contributed by atoms with Gasteiger partial charge in [0.1, 0.15) is 5.75 Å². The molecule has 2 aromatic heterocycles. The molecule has 1 fully saturated rings. The molecule has 4 rings (SSSR count). The van der Waals surface area contributed by atoms with Crippen molar-refractivity contribution >= 4 is 45.5 Å². The number of imidazole rings is 1. The Morgan fingerprint density at radius 2 is 2.00 bits per heavy atom. The molecule has 1 aromatic carbocycles. The van der Waals surface area contributed by atoms with E-state index < -0.39 is 6.10 Å². The van der Waals surface area contributed by atoms with Gasteiger partial charge in [-0.05, 0) is 60.6 Å². The number of halogens is 1. The van der Waals surface area contributed by atoms with Crippen LogP contribution in [-0.4, -0.2) is 42.4 Å². The van der Waals surface area contributed by atoms with Gasteiger partial charge in [0.2, 0.25) is 5.95 Å². The van der Waals surface area contributed by atoms with E-state index in [1.165, 1.54) is 19.3 Å². The summed E-state index contributed by atoms with van der Waals surface area (Å²) in [5.74, 6) is 1.31. The average molecular weight is 522 g/mol. The maximum atomic E-state index is 10.2. The van der Waals surface area contributed by atoms with Gasteiger partial charge in [-0.3, -0.25) is 0 Å². The standard InChI is InChI=1S/C21H27IN6O2/c1-13(29)10-24-21-26-19(23-11-14-9-15(22)7-8-17(14)30)18-20(27-21)28(12-25-18)16-5-3-2-4-6-16/h7-9,12-13,16,29-30H,2-6,10-11H2,1H3,(H2,23,24,26,27). The predicted molar refractivity (Wildman–Crippen MR) is 126 cm³/mol. The molecule has 0 radical (unpaired) electrons. The van der Waals surface area contributed by atoms with Crippen molar-refractivity contribution < 1.29 is 10.2 Å². The maximum Gasteiger partial charge on any atom is 0.226 e. The van der Waals surface area contributed by atoms with Crippen LogP contribution in [0.15, 0.2) is 24.5 Å². The van der Waals surface area contributed by atoms with Crippen LogP contribution >= 0.6 is 22.6 Å². The number of nitrogens with one attached hydrogen (secondary N) is 2. The summed E-state index contributed by atoms with van der Waals surface area (Å²) < 4.78 is 3.22. The summed E-state index contributed by atoms with van der Waals surface area (Å²) in [6.07, 6.45) is 7.34. The molecule has 0 spiro atoms. The first-order valence-electron chi connectivity index (χ1n) is 10.4. The zero-order chi connectivity index (χ0) is 21.1. The fourth-order valence-corrected chi connectivity index (χ4v) is 4.41. The van der Waals surface area contributed by atoms with Crippen molar-refractivity contribution in [1.82, 2.24) is 19.5 Å². The normalized spacial score (nSPS) is 16.0. The van der Waals surface area contributed by atoms with E-state index in [1.54, 1.807) is 13.0 Å². The molecule has 2 heterocycles. The van der Waals surface area contributed by atoms with Crippen LogP contribution < -0.4 is 10.6 Å². The Bertz CT molecular complexity index is 1020. The molecule has 1 saturated carbocycles. The lowest BCUT2D eigenvalue weighted by atomic mass is 9.95. The van der Waals surface area contributed by atoms with Gasteiger partial charge >= 0.3 is 0 Å². The van der Waals surface area contributed by atoms with E-state index >= 15 is 0 Å². The summed E-state index contributed by atoms with van der Waals surface area (Å²) >= 11 is 2.23. The Kier molecular flexibility index (Phi) is 6.57. The minimum Gasteiger partial charge on any atom is -0.508 e. The van der Waals surface area contributed by atoms with E-state index in [-0.39, 0.29) is 5.75 Å². The molecule has 1 atom stereocenters. The second-order valence-electron chi connectivity index (χ2n) is 7.87. The Morgan fingerprint density at radius 3 is 2.77 bits per heavy atom. The monoisotopic (exact) mass is 522 g/mol. The number of aromatic hydroxyl groups is 1. The van der Waals surface area contributed by atoms with E-state index in [0.717, 1.165) is 27.6 Å². The van der Waals surface area contributed by atoms with Crippen molar-refractivity contribution in [1.29, 1.82) is 0 Å². The summed E-state index contributed by atoms with van der Waals surface area (Å²) in [4.78, 5) is 13.9. The average Bonchev–Trinajstić information content (AvgIpc) is 3.17. The second kappa shape index (κ2) is 9.34. The third-order valence-corrected chi connectivity index (χ3v) is 6.10. The van der Waals surface area contributed by atoms with Gasteiger partial charge in [0.15, 0.2) is 17.0 Å². The van der Waals surface area contributed by atoms with Crippen LogP contribution in [-0.2, 0) is 6.54 Å². The van der Waals surface area contributed by atoms with Crippen LogP contribution in [0, 0.1) is 3.57 Å². The Balaban J connectivity index is 1.67. The number of hydrogen-bond donors (Lipinski definition) is 4. The topological polar surface area (TPSA) is 108 Å². The van der Waals surface area contributed by atoms with Gasteiger partial charge in [-0.25, -0.2) is 4.98 Å². The summed E-state index contributed by atoms with van der Waals surface area (Å²) in [6, 6.07) is 5.90. The number of aliphatic hydroxyl groups excluding tert-OH is 1. The van der Waals surface area contributed by atoms with Crippen molar-refractivity contribution in [3.63, 3.8) is 0 Å². The van der Waals surface area contributed by atoms with E-state index in [4.69, 9.17) is 4.98 Å². The highest BCUT2D eigenvalue weighted by atomic mass is 127. The third-order valence-electron chi connectivity index (χ3n) is 5.43. The lowest BCUT2D eigenvalue weighted by molar-refractivity contribution is 0.208. The highest BCUT2D eigenvalue weighted by Gasteiger charge is 2.21. The quantitative estimate of drug-likeness (QED) is 0.347. The lowest BCUT2D eigenvalue weighted by Crippen LogP contribution is -2.18. The predicted octanol–water partition coefficient (Wildman–Crippen LogP) is 4.05. The van der Waals surface area contributed by atoms with Crippen LogP contribution in [0.3, 0.4) is 0 Å². The number of anilines is 2. The number of benzene rings is 1. The zero-order valence-electron chi connectivity index (χ0n) is 17.0. The van der Waals surface area contributed by atoms with Gasteiger partial charge in [-0.1, -0.05) is 19.3 Å². The first kappa shape index (κ1) is 21.1. The van der Waals surface area contributed by atoms with Crippen LogP contribution in [0.25, 0.3) is 11.2 Å². The number of hydrogen-bond acceptors (Lipinski definition) is 7. The van der Waals surface area contributed by atoms with Crippen LogP contribution in [0.1, 0.15) is 50.6 Å². The molecule has 0 aliphatic heterocycles. The Labute approximate surface area is 189 Å². The van der Waals surface area contributed by atoms with Gasteiger partial charge < -0.3 is 25.4 Å². The highest BCUT2D eigenvalue weighted by molar-refractivity contribution is 14.1. The minimum atomic E-state index is -0.507. The highest BCUT2D eigenvalue weighted by Crippen LogP contribution is 2.32. The maximum absolute atomic E-state index is 10.2. The van der Waals surface area contributed by atoms with E-state index in [2.05, 4.69) is 47.8 Å². The van der Waals surface area contributed by atoms with Crippen LogP contribution in [0.4, 0.5) is 11.8 Å². The molecule has 4 N–H and O–H groups in total. The van der Waals surface area contributed by atoms with Gasteiger partial charge in [-0.15, -0.1) is 0 Å². The Hall–Kier alpha value is -2.14. The molecule has 1 aliphatic rings. The number of fused-ring (bicyclic) bond motifs is 1. The summed E-state index contributed by atoms with van der Waals surface area (Å²) in [7, 11) is 0. The molecule has 1 aliphatic carbocycles. The minimum absolute atomic E-state index is 0.244. The number of phenolic OH excluding ortho intramolecular Hbond substituents is 1. The Morgan fingerprint density at radius 1 is 1.20 bits per heavy atom. The molecule has 3 aromatic rings. The van der Waals surface area contributed by atoms with Crippen molar-refractivity contribution in [2.75, 3.05) is 17.2 Å². The van der Waals surface area contributed by atoms with Gasteiger partial charge in [-0.2, -0.15) is 9.97 Å².